The molecule has 0 radical (unpaired) electrons. The summed E-state index contributed by atoms with van der Waals surface area (Å²) < 4.78 is 5.68. The molecule has 1 aromatic carbocycles. The second-order valence-electron chi connectivity index (χ2n) is 5.03. The summed E-state index contributed by atoms with van der Waals surface area (Å²) in [5.41, 5.74) is 8.29. The SMILES string of the molecule is CCN(CC1CCCO1)c1ccc(C(=O)NC)cc1N. The highest BCUT2D eigenvalue weighted by atomic mass is 16.5. The normalized spacial score (nSPS) is 18.0. The van der Waals surface area contributed by atoms with Gasteiger partial charge < -0.3 is 20.7 Å². The van der Waals surface area contributed by atoms with Gasteiger partial charge in [-0.3, -0.25) is 4.79 Å². The van der Waals surface area contributed by atoms with Crippen molar-refractivity contribution in [1.29, 1.82) is 0 Å². The van der Waals surface area contributed by atoms with Gasteiger partial charge in [0, 0.05) is 32.3 Å². The summed E-state index contributed by atoms with van der Waals surface area (Å²) in [4.78, 5) is 13.8. The van der Waals surface area contributed by atoms with E-state index in [2.05, 4.69) is 17.1 Å². The van der Waals surface area contributed by atoms with E-state index in [4.69, 9.17) is 10.5 Å². The average Bonchev–Trinajstić information content (AvgIpc) is 2.97. The fourth-order valence-corrected chi connectivity index (χ4v) is 2.56. The first-order valence-electron chi connectivity index (χ1n) is 7.13. The van der Waals surface area contributed by atoms with Crippen molar-refractivity contribution in [2.24, 2.45) is 0 Å². The van der Waals surface area contributed by atoms with E-state index in [-0.39, 0.29) is 12.0 Å². The third-order valence-electron chi connectivity index (χ3n) is 3.69. The number of nitrogens with two attached hydrogens (primary N) is 1. The monoisotopic (exact) mass is 277 g/mol. The molecule has 20 heavy (non-hydrogen) atoms. The third kappa shape index (κ3) is 3.22. The van der Waals surface area contributed by atoms with Crippen molar-refractivity contribution >= 4 is 17.3 Å². The Bertz CT molecular complexity index is 470. The Kier molecular flexibility index (Phi) is 4.84. The standard InChI is InChI=1S/C15H23N3O2/c1-3-18(10-12-5-4-8-20-12)14-7-6-11(9-13(14)16)15(19)17-2/h6-7,9,12H,3-5,8,10,16H2,1-2H3,(H,17,19). The maximum atomic E-state index is 11.6. The molecule has 1 fully saturated rings. The number of carbonyl (C=O) groups excluding carboxylic acids is 1. The minimum atomic E-state index is -0.120. The molecule has 1 aliphatic rings. The lowest BCUT2D eigenvalue weighted by molar-refractivity contribution is 0.0963. The quantitative estimate of drug-likeness (QED) is 0.803. The van der Waals surface area contributed by atoms with Crippen LogP contribution in [-0.4, -0.2) is 38.8 Å². The predicted octanol–water partition coefficient (Wildman–Crippen LogP) is 1.63. The molecule has 110 valence electrons. The van der Waals surface area contributed by atoms with Gasteiger partial charge in [-0.1, -0.05) is 0 Å². The molecule has 0 aliphatic carbocycles. The second kappa shape index (κ2) is 6.61. The van der Waals surface area contributed by atoms with Gasteiger partial charge in [0.05, 0.1) is 17.5 Å². The molecule has 0 spiro atoms. The van der Waals surface area contributed by atoms with E-state index in [1.807, 2.05) is 12.1 Å². The van der Waals surface area contributed by atoms with Gasteiger partial charge in [-0.05, 0) is 38.0 Å². The number of amides is 1. The van der Waals surface area contributed by atoms with Crippen molar-refractivity contribution in [1.82, 2.24) is 5.32 Å². The van der Waals surface area contributed by atoms with Crippen molar-refractivity contribution in [2.75, 3.05) is 37.4 Å². The van der Waals surface area contributed by atoms with Crippen LogP contribution in [0.25, 0.3) is 0 Å². The van der Waals surface area contributed by atoms with Crippen LogP contribution in [0.3, 0.4) is 0 Å². The van der Waals surface area contributed by atoms with E-state index in [0.29, 0.717) is 11.3 Å². The molecule has 1 aliphatic heterocycles. The summed E-state index contributed by atoms with van der Waals surface area (Å²) in [6.45, 7) is 4.66. The van der Waals surface area contributed by atoms with Gasteiger partial charge >= 0.3 is 0 Å². The lowest BCUT2D eigenvalue weighted by atomic mass is 10.1. The molecule has 1 amide bonds. The largest absolute Gasteiger partial charge is 0.397 e. The number of ether oxygens (including phenoxy) is 1. The Labute approximate surface area is 120 Å². The summed E-state index contributed by atoms with van der Waals surface area (Å²) in [7, 11) is 1.61. The number of nitrogens with one attached hydrogen (secondary N) is 1. The number of hydrogen-bond acceptors (Lipinski definition) is 4. The fraction of sp³-hybridized carbons (Fsp3) is 0.533. The first-order chi connectivity index (χ1) is 9.65. The van der Waals surface area contributed by atoms with Gasteiger partial charge in [-0.25, -0.2) is 0 Å². The fourth-order valence-electron chi connectivity index (χ4n) is 2.56. The Morgan fingerprint density at radius 1 is 1.55 bits per heavy atom. The summed E-state index contributed by atoms with van der Waals surface area (Å²) in [5.74, 6) is -0.120. The molecular weight excluding hydrogens is 254 g/mol. The van der Waals surface area contributed by atoms with E-state index in [0.717, 1.165) is 38.2 Å². The summed E-state index contributed by atoms with van der Waals surface area (Å²) in [6, 6.07) is 5.45. The number of rotatable bonds is 5. The molecule has 1 saturated heterocycles. The van der Waals surface area contributed by atoms with Gasteiger partial charge in [0.1, 0.15) is 0 Å². The summed E-state index contributed by atoms with van der Waals surface area (Å²) >= 11 is 0. The molecule has 1 heterocycles. The van der Waals surface area contributed by atoms with Crippen molar-refractivity contribution in [2.45, 2.75) is 25.9 Å². The van der Waals surface area contributed by atoms with E-state index < -0.39 is 0 Å². The summed E-state index contributed by atoms with van der Waals surface area (Å²) in [6.07, 6.45) is 2.52. The number of likely N-dealkylation sites (N-methyl/N-ethyl adjacent to an activating group) is 1. The second-order valence-corrected chi connectivity index (χ2v) is 5.03. The number of carbonyl (C=O) groups is 1. The van der Waals surface area contributed by atoms with Gasteiger partial charge in [0.25, 0.3) is 5.91 Å². The molecule has 1 unspecified atom stereocenters. The average molecular weight is 277 g/mol. The predicted molar refractivity (Wildman–Crippen MR) is 81.1 cm³/mol. The van der Waals surface area contributed by atoms with Gasteiger partial charge in [0.2, 0.25) is 0 Å². The van der Waals surface area contributed by atoms with Crippen molar-refractivity contribution in [3.63, 3.8) is 0 Å². The molecule has 5 nitrogen and oxygen atoms in total. The van der Waals surface area contributed by atoms with E-state index in [1.54, 1.807) is 13.1 Å². The number of hydrogen-bond donors (Lipinski definition) is 2. The van der Waals surface area contributed by atoms with Crippen LogP contribution in [0, 0.1) is 0 Å². The Hall–Kier alpha value is -1.75. The first-order valence-corrected chi connectivity index (χ1v) is 7.13. The smallest absolute Gasteiger partial charge is 0.251 e. The third-order valence-corrected chi connectivity index (χ3v) is 3.69. The zero-order chi connectivity index (χ0) is 14.5. The van der Waals surface area contributed by atoms with Crippen LogP contribution >= 0.6 is 0 Å². The maximum absolute atomic E-state index is 11.6. The highest BCUT2D eigenvalue weighted by Crippen LogP contribution is 2.26. The van der Waals surface area contributed by atoms with Crippen LogP contribution < -0.4 is 16.0 Å². The number of nitrogens with zero attached hydrogens (tertiary/aromatic N) is 1. The van der Waals surface area contributed by atoms with Gasteiger partial charge in [-0.2, -0.15) is 0 Å². The molecule has 1 atom stereocenters. The van der Waals surface area contributed by atoms with Crippen LogP contribution in [0.2, 0.25) is 0 Å². The highest BCUT2D eigenvalue weighted by molar-refractivity contribution is 5.96. The van der Waals surface area contributed by atoms with Gasteiger partial charge in [0.15, 0.2) is 0 Å². The van der Waals surface area contributed by atoms with Crippen LogP contribution in [0.15, 0.2) is 18.2 Å². The van der Waals surface area contributed by atoms with Crippen LogP contribution in [0.4, 0.5) is 11.4 Å². The van der Waals surface area contributed by atoms with Crippen LogP contribution in [0.1, 0.15) is 30.1 Å². The number of benzene rings is 1. The van der Waals surface area contributed by atoms with Crippen LogP contribution in [0.5, 0.6) is 0 Å². The molecule has 3 N–H and O–H groups in total. The molecule has 5 heteroatoms. The lowest BCUT2D eigenvalue weighted by Gasteiger charge is -2.27. The Balaban J connectivity index is 2.14. The number of anilines is 2. The molecule has 0 saturated carbocycles. The molecule has 0 bridgehead atoms. The van der Waals surface area contributed by atoms with Crippen LogP contribution in [-0.2, 0) is 4.74 Å². The topological polar surface area (TPSA) is 67.6 Å². The Morgan fingerprint density at radius 2 is 2.35 bits per heavy atom. The van der Waals surface area contributed by atoms with Crippen molar-refractivity contribution < 1.29 is 9.53 Å². The van der Waals surface area contributed by atoms with E-state index in [1.165, 1.54) is 0 Å². The zero-order valence-electron chi connectivity index (χ0n) is 12.2. The zero-order valence-corrected chi connectivity index (χ0v) is 12.2. The highest BCUT2D eigenvalue weighted by Gasteiger charge is 2.20. The van der Waals surface area contributed by atoms with Crippen molar-refractivity contribution in [3.8, 4) is 0 Å². The van der Waals surface area contributed by atoms with Gasteiger partial charge in [-0.15, -0.1) is 0 Å². The minimum Gasteiger partial charge on any atom is -0.397 e. The Morgan fingerprint density at radius 3 is 2.90 bits per heavy atom. The lowest BCUT2D eigenvalue weighted by Crippen LogP contribution is -2.32. The van der Waals surface area contributed by atoms with E-state index >= 15 is 0 Å². The molecule has 2 rings (SSSR count). The maximum Gasteiger partial charge on any atom is 0.251 e. The minimum absolute atomic E-state index is 0.120. The van der Waals surface area contributed by atoms with E-state index in [9.17, 15) is 4.79 Å². The molecular formula is C15H23N3O2. The summed E-state index contributed by atoms with van der Waals surface area (Å²) in [5, 5.41) is 2.60. The molecule has 0 aromatic heterocycles. The van der Waals surface area contributed by atoms with Crippen molar-refractivity contribution in [3.05, 3.63) is 23.8 Å². The first kappa shape index (κ1) is 14.7. The number of nitrogen functional groups attached to an aromatic ring is 1. The molecule has 1 aromatic rings.